The molecule has 0 aromatic heterocycles. The fourth-order valence-corrected chi connectivity index (χ4v) is 1.69. The largest absolute Gasteiger partial charge is 0.321 e. The zero-order valence-corrected chi connectivity index (χ0v) is 9.07. The van der Waals surface area contributed by atoms with Crippen LogP contribution in [0.15, 0.2) is 29.3 Å². The fourth-order valence-electron chi connectivity index (χ4n) is 0.920. The highest BCUT2D eigenvalue weighted by Gasteiger charge is 2.10. The van der Waals surface area contributed by atoms with E-state index in [1.165, 1.54) is 18.2 Å². The number of nitrogens with two attached hydrogens (primary N) is 1. The third kappa shape index (κ3) is 2.30. The molecule has 0 aliphatic heterocycles. The van der Waals surface area contributed by atoms with E-state index in [9.17, 15) is 4.39 Å². The summed E-state index contributed by atoms with van der Waals surface area (Å²) < 4.78 is 13.4. The number of benzene rings is 1. The maximum atomic E-state index is 13.1. The molecule has 0 saturated carbocycles. The summed E-state index contributed by atoms with van der Waals surface area (Å²) in [4.78, 5) is 0. The molecule has 0 heterocycles. The quantitative estimate of drug-likeness (QED) is 0.643. The van der Waals surface area contributed by atoms with Gasteiger partial charge in [0.05, 0.1) is 4.47 Å². The summed E-state index contributed by atoms with van der Waals surface area (Å²) in [5.41, 5.74) is 6.17. The van der Waals surface area contributed by atoms with Crippen molar-refractivity contribution in [3.8, 4) is 0 Å². The molecule has 0 fully saturated rings. The molecule has 0 bridgehead atoms. The Balaban J connectivity index is 3.22. The summed E-state index contributed by atoms with van der Waals surface area (Å²) in [6, 6.07) is 2.35. The molecule has 1 atom stereocenters. The zero-order chi connectivity index (χ0) is 10.0. The van der Waals surface area contributed by atoms with Crippen molar-refractivity contribution >= 4 is 27.5 Å². The van der Waals surface area contributed by atoms with Gasteiger partial charge in [-0.2, -0.15) is 0 Å². The third-order valence-electron chi connectivity index (χ3n) is 1.65. The summed E-state index contributed by atoms with van der Waals surface area (Å²) >= 11 is 8.88. The minimum Gasteiger partial charge on any atom is -0.321 e. The van der Waals surface area contributed by atoms with Crippen LogP contribution in [0.4, 0.5) is 4.39 Å². The molecule has 1 nitrogen and oxygen atoms in total. The molecule has 0 amide bonds. The van der Waals surface area contributed by atoms with Gasteiger partial charge < -0.3 is 5.73 Å². The lowest BCUT2D eigenvalue weighted by molar-refractivity contribution is 0.617. The highest BCUT2D eigenvalue weighted by Crippen LogP contribution is 2.28. The maximum Gasteiger partial charge on any atom is 0.137 e. The fraction of sp³-hybridized carbons (Fsp3) is 0.111. The summed E-state index contributed by atoms with van der Waals surface area (Å²) in [5.74, 6) is -0.378. The Morgan fingerprint density at radius 1 is 1.62 bits per heavy atom. The molecule has 2 N–H and O–H groups in total. The van der Waals surface area contributed by atoms with E-state index in [1.54, 1.807) is 0 Å². The first-order valence-electron chi connectivity index (χ1n) is 3.59. The third-order valence-corrected chi connectivity index (χ3v) is 2.59. The Morgan fingerprint density at radius 3 is 2.77 bits per heavy atom. The van der Waals surface area contributed by atoms with E-state index in [0.29, 0.717) is 15.1 Å². The van der Waals surface area contributed by atoms with Crippen molar-refractivity contribution in [2.75, 3.05) is 0 Å². The van der Waals surface area contributed by atoms with Crippen molar-refractivity contribution < 1.29 is 4.39 Å². The van der Waals surface area contributed by atoms with Gasteiger partial charge in [0.2, 0.25) is 0 Å². The first-order valence-corrected chi connectivity index (χ1v) is 4.76. The molecule has 1 aromatic rings. The van der Waals surface area contributed by atoms with Crippen molar-refractivity contribution in [2.45, 2.75) is 6.04 Å². The highest BCUT2D eigenvalue weighted by molar-refractivity contribution is 9.10. The van der Waals surface area contributed by atoms with Crippen LogP contribution in [-0.4, -0.2) is 0 Å². The van der Waals surface area contributed by atoms with Crippen LogP contribution in [-0.2, 0) is 0 Å². The van der Waals surface area contributed by atoms with Crippen molar-refractivity contribution in [3.05, 3.63) is 45.7 Å². The Bertz CT molecular complexity index is 341. The van der Waals surface area contributed by atoms with E-state index in [1.807, 2.05) is 0 Å². The van der Waals surface area contributed by atoms with Gasteiger partial charge in [-0.3, -0.25) is 0 Å². The Kier molecular flexibility index (Phi) is 3.47. The van der Waals surface area contributed by atoms with Gasteiger partial charge in [0, 0.05) is 11.1 Å². The second-order valence-electron chi connectivity index (χ2n) is 2.55. The van der Waals surface area contributed by atoms with Gasteiger partial charge in [-0.1, -0.05) is 17.7 Å². The van der Waals surface area contributed by atoms with Crippen LogP contribution in [0.25, 0.3) is 0 Å². The Morgan fingerprint density at radius 2 is 2.23 bits per heavy atom. The Hall–Kier alpha value is -0.380. The molecule has 1 rings (SSSR count). The van der Waals surface area contributed by atoms with Crippen molar-refractivity contribution in [2.24, 2.45) is 5.73 Å². The second kappa shape index (κ2) is 4.22. The van der Waals surface area contributed by atoms with Crippen LogP contribution in [0.2, 0.25) is 5.02 Å². The second-order valence-corrected chi connectivity index (χ2v) is 3.81. The number of rotatable bonds is 2. The summed E-state index contributed by atoms with van der Waals surface area (Å²) in [6.45, 7) is 3.51. The molecule has 1 aromatic carbocycles. The predicted molar refractivity (Wildman–Crippen MR) is 56.2 cm³/mol. The molecule has 0 radical (unpaired) electrons. The Labute approximate surface area is 89.5 Å². The van der Waals surface area contributed by atoms with Gasteiger partial charge in [-0.15, -0.1) is 6.58 Å². The van der Waals surface area contributed by atoms with E-state index in [-0.39, 0.29) is 5.82 Å². The van der Waals surface area contributed by atoms with Crippen molar-refractivity contribution in [1.29, 1.82) is 0 Å². The van der Waals surface area contributed by atoms with Crippen LogP contribution in [0.1, 0.15) is 11.6 Å². The van der Waals surface area contributed by atoms with Crippen LogP contribution < -0.4 is 5.73 Å². The van der Waals surface area contributed by atoms with Crippen molar-refractivity contribution in [3.63, 3.8) is 0 Å². The molecule has 0 aliphatic carbocycles. The van der Waals surface area contributed by atoms with E-state index >= 15 is 0 Å². The van der Waals surface area contributed by atoms with E-state index in [2.05, 4.69) is 22.5 Å². The molecule has 70 valence electrons. The highest BCUT2D eigenvalue weighted by atomic mass is 79.9. The number of hydrogen-bond donors (Lipinski definition) is 1. The average molecular weight is 265 g/mol. The monoisotopic (exact) mass is 263 g/mol. The first kappa shape index (κ1) is 10.7. The smallest absolute Gasteiger partial charge is 0.137 e. The molecule has 1 unspecified atom stereocenters. The predicted octanol–water partition coefficient (Wildman–Crippen LogP) is 3.43. The first-order chi connectivity index (χ1) is 6.06. The lowest BCUT2D eigenvalue weighted by Crippen LogP contribution is -2.07. The van der Waals surface area contributed by atoms with Crippen LogP contribution in [0.5, 0.6) is 0 Å². The molecular formula is C9H8BrClFN. The molecule has 0 saturated heterocycles. The SMILES string of the molecule is C=CC(N)c1cc(F)c(Br)cc1Cl. The number of halogens is 3. The van der Waals surface area contributed by atoms with Gasteiger partial charge in [0.25, 0.3) is 0 Å². The minimum absolute atomic E-state index is 0.331. The van der Waals surface area contributed by atoms with Gasteiger partial charge in [0.1, 0.15) is 5.82 Å². The topological polar surface area (TPSA) is 26.0 Å². The van der Waals surface area contributed by atoms with Gasteiger partial charge in [-0.05, 0) is 33.6 Å². The number of hydrogen-bond acceptors (Lipinski definition) is 1. The van der Waals surface area contributed by atoms with Crippen LogP contribution in [0, 0.1) is 5.82 Å². The average Bonchev–Trinajstić information content (AvgIpc) is 2.10. The normalized spacial score (nSPS) is 12.6. The lowest BCUT2D eigenvalue weighted by atomic mass is 10.1. The lowest BCUT2D eigenvalue weighted by Gasteiger charge is -2.09. The van der Waals surface area contributed by atoms with Gasteiger partial charge >= 0.3 is 0 Å². The van der Waals surface area contributed by atoms with E-state index in [0.717, 1.165) is 0 Å². The van der Waals surface area contributed by atoms with Crippen molar-refractivity contribution in [1.82, 2.24) is 0 Å². The molecular weight excluding hydrogens is 256 g/mol. The molecule has 0 aliphatic rings. The minimum atomic E-state index is -0.435. The molecule has 4 heteroatoms. The summed E-state index contributed by atoms with van der Waals surface area (Å²) in [7, 11) is 0. The van der Waals surface area contributed by atoms with Crippen LogP contribution in [0.3, 0.4) is 0 Å². The summed E-state index contributed by atoms with van der Waals surface area (Å²) in [6.07, 6.45) is 1.51. The van der Waals surface area contributed by atoms with Gasteiger partial charge in [-0.25, -0.2) is 4.39 Å². The summed E-state index contributed by atoms with van der Waals surface area (Å²) in [5, 5.41) is 0.431. The van der Waals surface area contributed by atoms with Gasteiger partial charge in [0.15, 0.2) is 0 Å². The van der Waals surface area contributed by atoms with E-state index < -0.39 is 6.04 Å². The maximum absolute atomic E-state index is 13.1. The standard InChI is InChI=1S/C9H8BrClFN/c1-2-9(13)5-3-8(12)6(10)4-7(5)11/h2-4,9H,1,13H2. The molecule has 13 heavy (non-hydrogen) atoms. The zero-order valence-electron chi connectivity index (χ0n) is 6.73. The van der Waals surface area contributed by atoms with E-state index in [4.69, 9.17) is 17.3 Å². The molecule has 0 spiro atoms. The van der Waals surface area contributed by atoms with Crippen LogP contribution >= 0.6 is 27.5 Å².